The summed E-state index contributed by atoms with van der Waals surface area (Å²) >= 11 is 0. The van der Waals surface area contributed by atoms with Gasteiger partial charge in [-0.2, -0.15) is 5.26 Å². The molecule has 4 aromatic rings. The van der Waals surface area contributed by atoms with Crippen molar-refractivity contribution in [3.8, 4) is 40.0 Å². The number of furan rings is 1. The number of aromatic hydroxyl groups is 1. The molecule has 0 spiro atoms. The average molecular weight is 394 g/mol. The minimum atomic E-state index is 0.0445. The molecule has 0 radical (unpaired) electrons. The molecule has 0 fully saturated rings. The van der Waals surface area contributed by atoms with E-state index in [4.69, 9.17) is 9.15 Å². The predicted molar refractivity (Wildman–Crippen MR) is 116 cm³/mol. The Kier molecular flexibility index (Phi) is 5.31. The van der Waals surface area contributed by atoms with E-state index in [0.29, 0.717) is 28.2 Å². The lowest BCUT2D eigenvalue weighted by Gasteiger charge is -2.03. The zero-order valence-corrected chi connectivity index (χ0v) is 16.2. The van der Waals surface area contributed by atoms with Crippen molar-refractivity contribution in [2.75, 3.05) is 7.11 Å². The van der Waals surface area contributed by atoms with Gasteiger partial charge >= 0.3 is 0 Å². The van der Waals surface area contributed by atoms with Crippen molar-refractivity contribution in [1.82, 2.24) is 0 Å². The molecular formula is C25H18N2O3. The Morgan fingerprint density at radius 1 is 0.967 bits per heavy atom. The van der Waals surface area contributed by atoms with Crippen molar-refractivity contribution in [3.63, 3.8) is 0 Å². The number of nitriles is 1. The fraction of sp³-hybridized carbons (Fsp3) is 0.0400. The highest BCUT2D eigenvalue weighted by Gasteiger charge is 2.22. The third-order valence-electron chi connectivity index (χ3n) is 4.63. The molecule has 5 heteroatoms. The van der Waals surface area contributed by atoms with Crippen LogP contribution in [0.3, 0.4) is 0 Å². The number of ether oxygens (including phenoxy) is 1. The van der Waals surface area contributed by atoms with Crippen LogP contribution in [0, 0.1) is 11.3 Å². The molecule has 30 heavy (non-hydrogen) atoms. The van der Waals surface area contributed by atoms with Crippen molar-refractivity contribution in [3.05, 3.63) is 90.0 Å². The number of nitrogens with zero attached hydrogens (tertiary/aromatic N) is 2. The van der Waals surface area contributed by atoms with E-state index in [0.717, 1.165) is 11.1 Å². The molecule has 1 heterocycles. The van der Waals surface area contributed by atoms with Crippen LogP contribution in [0.2, 0.25) is 0 Å². The molecule has 0 bridgehead atoms. The Morgan fingerprint density at radius 3 is 2.27 bits per heavy atom. The molecule has 5 nitrogen and oxygen atoms in total. The van der Waals surface area contributed by atoms with Crippen LogP contribution < -0.4 is 4.74 Å². The number of phenols is 1. The zero-order chi connectivity index (χ0) is 20.9. The summed E-state index contributed by atoms with van der Waals surface area (Å²) in [6.45, 7) is 0. The Hall–Kier alpha value is -4.30. The van der Waals surface area contributed by atoms with Crippen LogP contribution in [0.5, 0.6) is 11.5 Å². The molecule has 4 rings (SSSR count). The van der Waals surface area contributed by atoms with E-state index < -0.39 is 0 Å². The van der Waals surface area contributed by atoms with Crippen molar-refractivity contribution < 1.29 is 14.3 Å². The minimum absolute atomic E-state index is 0.0445. The zero-order valence-electron chi connectivity index (χ0n) is 16.2. The van der Waals surface area contributed by atoms with Gasteiger partial charge in [-0.25, -0.2) is 4.99 Å². The molecule has 0 aliphatic carbocycles. The second-order valence-corrected chi connectivity index (χ2v) is 6.52. The maximum Gasteiger partial charge on any atom is 0.238 e. The van der Waals surface area contributed by atoms with Gasteiger partial charge < -0.3 is 14.3 Å². The van der Waals surface area contributed by atoms with E-state index in [1.165, 1.54) is 13.2 Å². The molecule has 3 aromatic carbocycles. The van der Waals surface area contributed by atoms with Crippen molar-refractivity contribution >= 4 is 12.1 Å². The van der Waals surface area contributed by atoms with Gasteiger partial charge in [0, 0.05) is 17.3 Å². The van der Waals surface area contributed by atoms with Gasteiger partial charge in [-0.3, -0.25) is 0 Å². The first-order valence-corrected chi connectivity index (χ1v) is 9.30. The lowest BCUT2D eigenvalue weighted by atomic mass is 9.98. The highest BCUT2D eigenvalue weighted by Crippen LogP contribution is 2.42. The summed E-state index contributed by atoms with van der Waals surface area (Å²) in [4.78, 5) is 4.43. The first-order valence-electron chi connectivity index (χ1n) is 9.30. The fourth-order valence-electron chi connectivity index (χ4n) is 3.19. The maximum absolute atomic E-state index is 9.90. The monoisotopic (exact) mass is 394 g/mol. The summed E-state index contributed by atoms with van der Waals surface area (Å²) in [5.41, 5.74) is 3.51. The highest BCUT2D eigenvalue weighted by molar-refractivity contribution is 5.90. The first kappa shape index (κ1) is 19.0. The SMILES string of the molecule is COc1cc(/C=N/c2oc(-c3ccccc3)c(-c3ccccc3)c2C#N)ccc1O. The third-order valence-corrected chi connectivity index (χ3v) is 4.63. The number of rotatable bonds is 5. The number of benzene rings is 3. The lowest BCUT2D eigenvalue weighted by molar-refractivity contribution is 0.373. The van der Waals surface area contributed by atoms with Gasteiger partial charge in [0.1, 0.15) is 17.4 Å². The smallest absolute Gasteiger partial charge is 0.238 e. The Labute approximate surface area is 174 Å². The van der Waals surface area contributed by atoms with E-state index >= 15 is 0 Å². The van der Waals surface area contributed by atoms with Crippen molar-refractivity contribution in [2.24, 2.45) is 4.99 Å². The minimum Gasteiger partial charge on any atom is -0.504 e. The maximum atomic E-state index is 9.90. The number of methoxy groups -OCH3 is 1. The van der Waals surface area contributed by atoms with E-state index in [2.05, 4.69) is 11.1 Å². The molecule has 0 aliphatic rings. The van der Waals surface area contributed by atoms with Crippen LogP contribution in [0.1, 0.15) is 11.1 Å². The summed E-state index contributed by atoms with van der Waals surface area (Å²) in [7, 11) is 1.48. The van der Waals surface area contributed by atoms with Crippen LogP contribution in [0.4, 0.5) is 5.88 Å². The van der Waals surface area contributed by atoms with Gasteiger partial charge in [0.15, 0.2) is 11.5 Å². The number of phenolic OH excluding ortho intramolecular Hbond substituents is 1. The van der Waals surface area contributed by atoms with Crippen LogP contribution in [0.15, 0.2) is 88.3 Å². The quantitative estimate of drug-likeness (QED) is 0.424. The van der Waals surface area contributed by atoms with E-state index in [9.17, 15) is 10.4 Å². The standard InChI is InChI=1S/C25H18N2O3/c1-29-22-14-17(12-13-21(22)28)16-27-25-20(15-26)23(18-8-4-2-5-9-18)24(30-25)19-10-6-3-7-11-19/h2-14,16,28H,1H3/b27-16+. The Bertz CT molecular complexity index is 1240. The Morgan fingerprint density at radius 2 is 1.63 bits per heavy atom. The normalized spacial score (nSPS) is 10.8. The third kappa shape index (κ3) is 3.67. The van der Waals surface area contributed by atoms with Gasteiger partial charge in [-0.05, 0) is 29.3 Å². The van der Waals surface area contributed by atoms with Crippen LogP contribution >= 0.6 is 0 Å². The van der Waals surface area contributed by atoms with Gasteiger partial charge in [0.05, 0.1) is 7.11 Å². The van der Waals surface area contributed by atoms with Crippen molar-refractivity contribution in [2.45, 2.75) is 0 Å². The summed E-state index contributed by atoms with van der Waals surface area (Å²) in [5, 5.41) is 19.7. The lowest BCUT2D eigenvalue weighted by Crippen LogP contribution is -1.87. The number of hydrogen-bond donors (Lipinski definition) is 1. The molecule has 0 saturated heterocycles. The number of aliphatic imine (C=N–C) groups is 1. The molecule has 146 valence electrons. The summed E-state index contributed by atoms with van der Waals surface area (Å²) < 4.78 is 11.2. The van der Waals surface area contributed by atoms with E-state index in [1.54, 1.807) is 18.3 Å². The van der Waals surface area contributed by atoms with E-state index in [-0.39, 0.29) is 11.6 Å². The van der Waals surface area contributed by atoms with Gasteiger partial charge in [-0.15, -0.1) is 0 Å². The highest BCUT2D eigenvalue weighted by atomic mass is 16.5. The second kappa shape index (κ2) is 8.38. The van der Waals surface area contributed by atoms with Crippen molar-refractivity contribution in [1.29, 1.82) is 5.26 Å². The van der Waals surface area contributed by atoms with Gasteiger partial charge in [0.2, 0.25) is 5.88 Å². The van der Waals surface area contributed by atoms with Crippen LogP contribution in [0.25, 0.3) is 22.5 Å². The molecule has 0 aliphatic heterocycles. The summed E-state index contributed by atoms with van der Waals surface area (Å²) in [6.07, 6.45) is 1.57. The molecule has 0 amide bonds. The Balaban J connectivity index is 1.85. The molecule has 0 unspecified atom stereocenters. The van der Waals surface area contributed by atoms with Crippen LogP contribution in [-0.2, 0) is 0 Å². The summed E-state index contributed by atoms with van der Waals surface area (Å²) in [6, 6.07) is 26.4. The largest absolute Gasteiger partial charge is 0.504 e. The topological polar surface area (TPSA) is 78.8 Å². The first-order chi connectivity index (χ1) is 14.7. The van der Waals surface area contributed by atoms with E-state index in [1.807, 2.05) is 60.7 Å². The molecule has 1 aromatic heterocycles. The molecular weight excluding hydrogens is 376 g/mol. The average Bonchev–Trinajstić information content (AvgIpc) is 3.18. The number of hydrogen-bond acceptors (Lipinski definition) is 5. The molecule has 0 atom stereocenters. The van der Waals surface area contributed by atoms with Gasteiger partial charge in [-0.1, -0.05) is 60.7 Å². The van der Waals surface area contributed by atoms with Crippen LogP contribution in [-0.4, -0.2) is 18.4 Å². The molecule has 0 saturated carbocycles. The second-order valence-electron chi connectivity index (χ2n) is 6.52. The van der Waals surface area contributed by atoms with Gasteiger partial charge in [0.25, 0.3) is 0 Å². The summed E-state index contributed by atoms with van der Waals surface area (Å²) in [5.74, 6) is 1.20. The predicted octanol–water partition coefficient (Wildman–Crippen LogP) is 5.95. The molecule has 1 N–H and O–H groups in total. The fourth-order valence-corrected chi connectivity index (χ4v) is 3.19.